The van der Waals surface area contributed by atoms with Crippen molar-refractivity contribution in [2.24, 2.45) is 12.0 Å². The monoisotopic (exact) mass is 322 g/mol. The molecule has 1 aliphatic heterocycles. The minimum absolute atomic E-state index is 0.0570. The summed E-state index contributed by atoms with van der Waals surface area (Å²) in [4.78, 5) is 20.4. The Hall–Kier alpha value is -2.09. The zero-order valence-electron chi connectivity index (χ0n) is 14.2. The van der Waals surface area contributed by atoms with Gasteiger partial charge in [0.15, 0.2) is 5.96 Å². The molecule has 0 spiro atoms. The van der Waals surface area contributed by atoms with Gasteiger partial charge in [-0.15, -0.1) is 0 Å². The predicted octanol–water partition coefficient (Wildman–Crippen LogP) is 0.0707. The smallest absolute Gasteiger partial charge is 0.246 e. The quantitative estimate of drug-likeness (QED) is 0.456. The Morgan fingerprint density at radius 3 is 2.91 bits per heavy atom. The number of aliphatic imine (C=N–C) groups is 1. The van der Waals surface area contributed by atoms with Crippen LogP contribution in [0.1, 0.15) is 13.3 Å². The van der Waals surface area contributed by atoms with Crippen molar-refractivity contribution in [3.05, 3.63) is 12.4 Å². The molecular weight excluding hydrogens is 296 g/mol. The van der Waals surface area contributed by atoms with E-state index in [0.717, 1.165) is 44.4 Å². The number of rotatable bonds is 6. The molecule has 8 heteroatoms. The molecule has 128 valence electrons. The summed E-state index contributed by atoms with van der Waals surface area (Å²) < 4.78 is 7.02. The third-order valence-electron chi connectivity index (χ3n) is 3.69. The van der Waals surface area contributed by atoms with Crippen LogP contribution in [0.3, 0.4) is 0 Å². The van der Waals surface area contributed by atoms with Crippen LogP contribution in [0.15, 0.2) is 17.4 Å². The molecule has 8 nitrogen and oxygen atoms in total. The Kier molecular flexibility index (Phi) is 6.40. The number of hydrogen-bond donors (Lipinski definition) is 1. The van der Waals surface area contributed by atoms with Gasteiger partial charge >= 0.3 is 0 Å². The summed E-state index contributed by atoms with van der Waals surface area (Å²) in [5, 5.41) is 7.41. The molecule has 0 aromatic carbocycles. The van der Waals surface area contributed by atoms with E-state index in [9.17, 15) is 4.79 Å². The van der Waals surface area contributed by atoms with Crippen molar-refractivity contribution in [3.63, 3.8) is 0 Å². The van der Waals surface area contributed by atoms with Gasteiger partial charge in [0.25, 0.3) is 0 Å². The fraction of sp³-hybridized carbons (Fsp3) is 0.667. The van der Waals surface area contributed by atoms with E-state index in [1.54, 1.807) is 22.8 Å². The Morgan fingerprint density at radius 1 is 1.48 bits per heavy atom. The van der Waals surface area contributed by atoms with Gasteiger partial charge in [-0.1, -0.05) is 0 Å². The number of aryl methyl sites for hydroxylation is 1. The van der Waals surface area contributed by atoms with Crippen molar-refractivity contribution in [2.45, 2.75) is 13.3 Å². The SMILES string of the molecule is CCOCCCNC(=NC)N1CCN(c2cnn(C)c2)C(=O)C1. The molecule has 1 amide bonds. The highest BCUT2D eigenvalue weighted by atomic mass is 16.5. The Balaban J connectivity index is 1.84. The lowest BCUT2D eigenvalue weighted by Gasteiger charge is -2.35. The lowest BCUT2D eigenvalue weighted by atomic mass is 10.3. The van der Waals surface area contributed by atoms with Crippen LogP contribution in [0, 0.1) is 0 Å². The highest BCUT2D eigenvalue weighted by Crippen LogP contribution is 2.15. The maximum Gasteiger partial charge on any atom is 0.246 e. The normalized spacial score (nSPS) is 16.1. The number of anilines is 1. The fourth-order valence-electron chi connectivity index (χ4n) is 2.53. The number of guanidine groups is 1. The third-order valence-corrected chi connectivity index (χ3v) is 3.69. The third kappa shape index (κ3) is 4.69. The number of nitrogens with zero attached hydrogens (tertiary/aromatic N) is 5. The summed E-state index contributed by atoms with van der Waals surface area (Å²) >= 11 is 0. The van der Waals surface area contributed by atoms with Crippen molar-refractivity contribution < 1.29 is 9.53 Å². The van der Waals surface area contributed by atoms with Crippen LogP contribution in [-0.4, -0.2) is 73.0 Å². The number of amides is 1. The van der Waals surface area contributed by atoms with Gasteiger partial charge < -0.3 is 19.9 Å². The van der Waals surface area contributed by atoms with Gasteiger partial charge in [0.1, 0.15) is 6.54 Å². The first kappa shape index (κ1) is 17.3. The standard InChI is InChI=1S/C15H26N6O2/c1-4-23-9-5-6-17-15(16-2)20-7-8-21(14(22)12-20)13-10-18-19(3)11-13/h10-11H,4-9,12H2,1-3H3,(H,16,17). The molecular formula is C15H26N6O2. The van der Waals surface area contributed by atoms with Crippen LogP contribution >= 0.6 is 0 Å². The number of nitrogens with one attached hydrogen (secondary N) is 1. The van der Waals surface area contributed by atoms with Gasteiger partial charge in [0.2, 0.25) is 5.91 Å². The topological polar surface area (TPSA) is 75.0 Å². The number of hydrogen-bond acceptors (Lipinski definition) is 4. The predicted molar refractivity (Wildman–Crippen MR) is 89.6 cm³/mol. The first-order valence-electron chi connectivity index (χ1n) is 7.98. The minimum atomic E-state index is 0.0570. The molecule has 1 aromatic heterocycles. The van der Waals surface area contributed by atoms with Crippen LogP contribution in [-0.2, 0) is 16.6 Å². The lowest BCUT2D eigenvalue weighted by Crippen LogP contribution is -2.55. The summed E-state index contributed by atoms with van der Waals surface area (Å²) in [5.41, 5.74) is 0.844. The first-order chi connectivity index (χ1) is 11.2. The second-order valence-electron chi connectivity index (χ2n) is 5.36. The summed E-state index contributed by atoms with van der Waals surface area (Å²) in [5.74, 6) is 0.821. The largest absolute Gasteiger partial charge is 0.382 e. The Labute approximate surface area is 137 Å². The molecule has 23 heavy (non-hydrogen) atoms. The van der Waals surface area contributed by atoms with Crippen molar-refractivity contribution >= 4 is 17.6 Å². The average molecular weight is 322 g/mol. The van der Waals surface area contributed by atoms with Crippen molar-refractivity contribution in [2.75, 3.05) is 51.3 Å². The highest BCUT2D eigenvalue weighted by molar-refractivity contribution is 5.98. The van der Waals surface area contributed by atoms with Crippen molar-refractivity contribution in [1.82, 2.24) is 20.0 Å². The zero-order valence-corrected chi connectivity index (χ0v) is 14.2. The number of ether oxygens (including phenoxy) is 1. The van der Waals surface area contributed by atoms with Gasteiger partial charge in [0, 0.05) is 53.1 Å². The van der Waals surface area contributed by atoms with E-state index in [0.29, 0.717) is 13.1 Å². The second-order valence-corrected chi connectivity index (χ2v) is 5.36. The minimum Gasteiger partial charge on any atom is -0.382 e. The van der Waals surface area contributed by atoms with Crippen LogP contribution in [0.25, 0.3) is 0 Å². The van der Waals surface area contributed by atoms with Crippen LogP contribution in [0.5, 0.6) is 0 Å². The Bertz CT molecular complexity index is 542. The number of aromatic nitrogens is 2. The van der Waals surface area contributed by atoms with Crippen LogP contribution < -0.4 is 10.2 Å². The molecule has 0 radical (unpaired) electrons. The number of piperazine rings is 1. The first-order valence-corrected chi connectivity index (χ1v) is 7.98. The summed E-state index contributed by atoms with van der Waals surface area (Å²) in [6.45, 7) is 5.92. The molecule has 1 N–H and O–H groups in total. The molecule has 0 bridgehead atoms. The van der Waals surface area contributed by atoms with Crippen molar-refractivity contribution in [1.29, 1.82) is 0 Å². The van der Waals surface area contributed by atoms with Gasteiger partial charge in [-0.05, 0) is 13.3 Å². The average Bonchev–Trinajstić information content (AvgIpc) is 2.97. The summed E-state index contributed by atoms with van der Waals surface area (Å²) in [6.07, 6.45) is 4.49. The zero-order chi connectivity index (χ0) is 16.7. The van der Waals surface area contributed by atoms with E-state index >= 15 is 0 Å². The summed E-state index contributed by atoms with van der Waals surface area (Å²) in [7, 11) is 3.58. The van der Waals surface area contributed by atoms with Gasteiger partial charge in [-0.3, -0.25) is 14.5 Å². The second kappa shape index (κ2) is 8.52. The van der Waals surface area contributed by atoms with Gasteiger partial charge in [0.05, 0.1) is 11.9 Å². The van der Waals surface area contributed by atoms with E-state index in [1.165, 1.54) is 0 Å². The maximum atomic E-state index is 12.4. The molecule has 1 aromatic rings. The molecule has 0 saturated carbocycles. The molecule has 0 aliphatic carbocycles. The van der Waals surface area contributed by atoms with E-state index in [2.05, 4.69) is 15.4 Å². The Morgan fingerprint density at radius 2 is 2.30 bits per heavy atom. The van der Waals surface area contributed by atoms with Crippen LogP contribution in [0.4, 0.5) is 5.69 Å². The number of carbonyl (C=O) groups excluding carboxylic acids is 1. The fourth-order valence-corrected chi connectivity index (χ4v) is 2.53. The molecule has 1 aliphatic rings. The molecule has 2 heterocycles. The molecule has 2 rings (SSSR count). The summed E-state index contributed by atoms with van der Waals surface area (Å²) in [6, 6.07) is 0. The van der Waals surface area contributed by atoms with E-state index in [4.69, 9.17) is 4.74 Å². The van der Waals surface area contributed by atoms with Gasteiger partial charge in [-0.25, -0.2) is 0 Å². The molecule has 0 atom stereocenters. The maximum absolute atomic E-state index is 12.4. The van der Waals surface area contributed by atoms with E-state index in [1.807, 2.05) is 25.1 Å². The van der Waals surface area contributed by atoms with Crippen LogP contribution in [0.2, 0.25) is 0 Å². The molecule has 1 fully saturated rings. The highest BCUT2D eigenvalue weighted by Gasteiger charge is 2.27. The van der Waals surface area contributed by atoms with E-state index in [-0.39, 0.29) is 5.91 Å². The number of carbonyl (C=O) groups is 1. The van der Waals surface area contributed by atoms with Gasteiger partial charge in [-0.2, -0.15) is 5.10 Å². The van der Waals surface area contributed by atoms with E-state index < -0.39 is 0 Å². The lowest BCUT2D eigenvalue weighted by molar-refractivity contribution is -0.120. The van der Waals surface area contributed by atoms with Crippen molar-refractivity contribution in [3.8, 4) is 0 Å². The molecule has 0 unspecified atom stereocenters. The molecule has 1 saturated heterocycles.